The number of carbonyl (C=O) groups is 1. The third-order valence-electron chi connectivity index (χ3n) is 3.07. The Labute approximate surface area is 131 Å². The highest BCUT2D eigenvalue weighted by molar-refractivity contribution is 9.10. The average Bonchev–Trinajstić information content (AvgIpc) is 2.53. The second-order valence-electron chi connectivity index (χ2n) is 4.22. The van der Waals surface area contributed by atoms with Crippen LogP contribution in [0.2, 0.25) is 0 Å². The van der Waals surface area contributed by atoms with Gasteiger partial charge in [-0.15, -0.1) is 0 Å². The van der Waals surface area contributed by atoms with Crippen LogP contribution >= 0.6 is 15.9 Å². The molecular weight excluding hydrogens is 336 g/mol. The van der Waals surface area contributed by atoms with Gasteiger partial charge in [0, 0.05) is 10.0 Å². The van der Waals surface area contributed by atoms with Crippen molar-refractivity contribution in [2.45, 2.75) is 0 Å². The molecule has 0 heterocycles. The molecule has 0 atom stereocenters. The zero-order valence-corrected chi connectivity index (χ0v) is 13.6. The Bertz CT molecular complexity index is 667. The fraction of sp³-hybridized carbons (Fsp3) is 0.188. The number of ether oxygens (including phenoxy) is 3. The molecule has 0 aliphatic heterocycles. The topological polar surface area (TPSA) is 44.8 Å². The molecule has 0 bridgehead atoms. The highest BCUT2D eigenvalue weighted by Crippen LogP contribution is 2.35. The Morgan fingerprint density at radius 1 is 0.857 bits per heavy atom. The minimum absolute atomic E-state index is 0.153. The van der Waals surface area contributed by atoms with Crippen molar-refractivity contribution < 1.29 is 19.0 Å². The third-order valence-corrected chi connectivity index (χ3v) is 3.73. The molecule has 0 aliphatic carbocycles. The molecule has 2 rings (SSSR count). The quantitative estimate of drug-likeness (QED) is 0.771. The van der Waals surface area contributed by atoms with Crippen LogP contribution in [0.4, 0.5) is 0 Å². The van der Waals surface area contributed by atoms with Gasteiger partial charge in [0.2, 0.25) is 0 Å². The second kappa shape index (κ2) is 6.63. The molecule has 4 nitrogen and oxygen atoms in total. The van der Waals surface area contributed by atoms with Crippen LogP contribution in [0.5, 0.6) is 17.2 Å². The first-order valence-corrected chi connectivity index (χ1v) is 7.01. The summed E-state index contributed by atoms with van der Waals surface area (Å²) in [6.07, 6.45) is 0. The Hall–Kier alpha value is -2.01. The van der Waals surface area contributed by atoms with E-state index >= 15 is 0 Å². The van der Waals surface area contributed by atoms with Crippen molar-refractivity contribution in [3.8, 4) is 17.2 Å². The van der Waals surface area contributed by atoms with Crippen molar-refractivity contribution in [3.05, 3.63) is 52.0 Å². The van der Waals surface area contributed by atoms with Gasteiger partial charge in [0.1, 0.15) is 5.75 Å². The van der Waals surface area contributed by atoms with E-state index < -0.39 is 0 Å². The first kappa shape index (κ1) is 15.4. The van der Waals surface area contributed by atoms with E-state index in [-0.39, 0.29) is 5.78 Å². The molecule has 0 aliphatic rings. The molecule has 0 unspecified atom stereocenters. The van der Waals surface area contributed by atoms with Gasteiger partial charge in [-0.05, 0) is 40.2 Å². The summed E-state index contributed by atoms with van der Waals surface area (Å²) in [5.74, 6) is 1.43. The number of rotatable bonds is 5. The maximum atomic E-state index is 12.7. The summed E-state index contributed by atoms with van der Waals surface area (Å²) in [6.45, 7) is 0. The lowest BCUT2D eigenvalue weighted by Crippen LogP contribution is -2.06. The van der Waals surface area contributed by atoms with Gasteiger partial charge in [-0.1, -0.05) is 12.1 Å². The van der Waals surface area contributed by atoms with Crippen LogP contribution in [-0.4, -0.2) is 27.1 Å². The number of benzene rings is 2. The lowest BCUT2D eigenvalue weighted by atomic mass is 10.0. The summed E-state index contributed by atoms with van der Waals surface area (Å²) in [6, 6.07) is 10.5. The number of hydrogen-bond acceptors (Lipinski definition) is 4. The highest BCUT2D eigenvalue weighted by atomic mass is 79.9. The van der Waals surface area contributed by atoms with Gasteiger partial charge in [0.05, 0.1) is 26.9 Å². The maximum Gasteiger partial charge on any atom is 0.198 e. The lowest BCUT2D eigenvalue weighted by molar-refractivity contribution is 0.103. The molecule has 0 amide bonds. The first-order valence-electron chi connectivity index (χ1n) is 6.21. The van der Waals surface area contributed by atoms with Crippen molar-refractivity contribution in [1.82, 2.24) is 0 Å². The molecule has 2 aromatic rings. The van der Waals surface area contributed by atoms with Gasteiger partial charge in [-0.2, -0.15) is 0 Å². The Morgan fingerprint density at radius 2 is 1.43 bits per heavy atom. The molecular formula is C16H15BrO4. The fourth-order valence-electron chi connectivity index (χ4n) is 2.01. The van der Waals surface area contributed by atoms with Crippen LogP contribution in [0.3, 0.4) is 0 Å². The zero-order chi connectivity index (χ0) is 15.4. The molecule has 0 fully saturated rings. The number of carbonyl (C=O) groups excluding carboxylic acids is 1. The molecule has 0 saturated heterocycles. The third kappa shape index (κ3) is 3.03. The van der Waals surface area contributed by atoms with Crippen LogP contribution in [0, 0.1) is 0 Å². The summed E-state index contributed by atoms with van der Waals surface area (Å²) in [4.78, 5) is 12.7. The zero-order valence-electron chi connectivity index (χ0n) is 12.0. The van der Waals surface area contributed by atoms with Gasteiger partial charge in [0.25, 0.3) is 0 Å². The number of para-hydroxylation sites is 1. The summed E-state index contributed by atoms with van der Waals surface area (Å²) in [7, 11) is 4.62. The van der Waals surface area contributed by atoms with Crippen LogP contribution < -0.4 is 14.2 Å². The van der Waals surface area contributed by atoms with Gasteiger partial charge in [0.15, 0.2) is 17.3 Å². The van der Waals surface area contributed by atoms with E-state index in [2.05, 4.69) is 15.9 Å². The molecule has 110 valence electrons. The Morgan fingerprint density at radius 3 is 2.05 bits per heavy atom. The maximum absolute atomic E-state index is 12.7. The molecule has 0 saturated carbocycles. The predicted molar refractivity (Wildman–Crippen MR) is 83.7 cm³/mol. The molecule has 0 radical (unpaired) electrons. The SMILES string of the molecule is COc1cc(Br)c(C(=O)c2ccccc2OC)cc1OC. The van der Waals surface area contributed by atoms with Gasteiger partial charge in [-0.3, -0.25) is 4.79 Å². The van der Waals surface area contributed by atoms with E-state index in [4.69, 9.17) is 14.2 Å². The number of hydrogen-bond donors (Lipinski definition) is 0. The van der Waals surface area contributed by atoms with Crippen molar-refractivity contribution in [1.29, 1.82) is 0 Å². The summed E-state index contributed by atoms with van der Waals surface area (Å²) < 4.78 is 16.3. The van der Waals surface area contributed by atoms with E-state index in [0.717, 1.165) is 0 Å². The molecule has 21 heavy (non-hydrogen) atoms. The second-order valence-corrected chi connectivity index (χ2v) is 5.07. The van der Waals surface area contributed by atoms with Crippen molar-refractivity contribution in [2.24, 2.45) is 0 Å². The van der Waals surface area contributed by atoms with Crippen LogP contribution in [0.25, 0.3) is 0 Å². The molecule has 0 aromatic heterocycles. The fourth-order valence-corrected chi connectivity index (χ4v) is 2.51. The van der Waals surface area contributed by atoms with Crippen molar-refractivity contribution >= 4 is 21.7 Å². The van der Waals surface area contributed by atoms with Gasteiger partial charge in [-0.25, -0.2) is 0 Å². The van der Waals surface area contributed by atoms with Crippen LogP contribution in [0.15, 0.2) is 40.9 Å². The number of ketones is 1. The van der Waals surface area contributed by atoms with Gasteiger partial charge >= 0.3 is 0 Å². The summed E-state index contributed by atoms with van der Waals surface area (Å²) >= 11 is 3.40. The molecule has 2 aromatic carbocycles. The molecule has 5 heteroatoms. The monoisotopic (exact) mass is 350 g/mol. The summed E-state index contributed by atoms with van der Waals surface area (Å²) in [5.41, 5.74) is 0.977. The molecule has 0 spiro atoms. The van der Waals surface area contributed by atoms with E-state index in [1.54, 1.807) is 37.4 Å². The van der Waals surface area contributed by atoms with E-state index in [1.807, 2.05) is 6.07 Å². The molecule has 0 N–H and O–H groups in total. The first-order chi connectivity index (χ1) is 10.1. The van der Waals surface area contributed by atoms with Crippen LogP contribution in [0.1, 0.15) is 15.9 Å². The van der Waals surface area contributed by atoms with Crippen molar-refractivity contribution in [3.63, 3.8) is 0 Å². The van der Waals surface area contributed by atoms with Gasteiger partial charge < -0.3 is 14.2 Å². The minimum Gasteiger partial charge on any atom is -0.496 e. The van der Waals surface area contributed by atoms with E-state index in [0.29, 0.717) is 32.8 Å². The predicted octanol–water partition coefficient (Wildman–Crippen LogP) is 3.71. The minimum atomic E-state index is -0.153. The smallest absolute Gasteiger partial charge is 0.198 e. The number of halogens is 1. The largest absolute Gasteiger partial charge is 0.496 e. The van der Waals surface area contributed by atoms with Crippen LogP contribution in [-0.2, 0) is 0 Å². The highest BCUT2D eigenvalue weighted by Gasteiger charge is 2.19. The Balaban J connectivity index is 2.53. The summed E-state index contributed by atoms with van der Waals surface area (Å²) in [5, 5.41) is 0. The lowest BCUT2D eigenvalue weighted by Gasteiger charge is -2.12. The Kier molecular flexibility index (Phi) is 4.85. The average molecular weight is 351 g/mol. The van der Waals surface area contributed by atoms with E-state index in [1.165, 1.54) is 14.2 Å². The standard InChI is InChI=1S/C16H15BrO4/c1-19-13-7-5-4-6-10(13)16(18)11-8-14(20-2)15(21-3)9-12(11)17/h4-9H,1-3H3. The normalized spacial score (nSPS) is 10.1. The van der Waals surface area contributed by atoms with Crippen molar-refractivity contribution in [2.75, 3.05) is 21.3 Å². The van der Waals surface area contributed by atoms with E-state index in [9.17, 15) is 4.79 Å². The number of methoxy groups -OCH3 is 3.